The summed E-state index contributed by atoms with van der Waals surface area (Å²) in [6.45, 7) is 0. The van der Waals surface area contributed by atoms with E-state index in [9.17, 15) is 0 Å². The van der Waals surface area contributed by atoms with E-state index in [-0.39, 0.29) is 0 Å². The summed E-state index contributed by atoms with van der Waals surface area (Å²) >= 11 is 1.85. The SMILES string of the molecule is c1cc(-c2cccc(-c3ccc4sc5ccc(-c6cccc(-c7ccc8oc9ccncc9c8c7)c6)cc5c4c3)c2)cc(-c2ccc3oc4ccncc4c3c2)c1. The van der Waals surface area contributed by atoms with Crippen molar-refractivity contribution in [2.45, 2.75) is 0 Å². The number of nitrogens with zero attached hydrogens (tertiary/aromatic N) is 2. The van der Waals surface area contributed by atoms with E-state index in [0.29, 0.717) is 0 Å². The van der Waals surface area contributed by atoms with Crippen LogP contribution in [0.1, 0.15) is 0 Å². The van der Waals surface area contributed by atoms with Crippen molar-refractivity contribution in [1.29, 1.82) is 0 Å². The van der Waals surface area contributed by atoms with Crippen LogP contribution in [-0.2, 0) is 0 Å². The zero-order valence-electron chi connectivity index (χ0n) is 30.4. The van der Waals surface area contributed by atoms with Crippen molar-refractivity contribution in [2.24, 2.45) is 0 Å². The highest BCUT2D eigenvalue weighted by atomic mass is 32.1. The molecule has 0 aliphatic heterocycles. The summed E-state index contributed by atoms with van der Waals surface area (Å²) in [6.07, 6.45) is 7.30. The Morgan fingerprint density at radius 2 is 0.632 bits per heavy atom. The summed E-state index contributed by atoms with van der Waals surface area (Å²) in [7, 11) is 0. The Hall–Kier alpha value is -7.34. The van der Waals surface area contributed by atoms with Crippen molar-refractivity contribution >= 4 is 75.4 Å². The van der Waals surface area contributed by atoms with Crippen LogP contribution in [-0.4, -0.2) is 9.97 Å². The second-order valence-corrected chi connectivity index (χ2v) is 15.7. The van der Waals surface area contributed by atoms with Crippen molar-refractivity contribution < 1.29 is 8.83 Å². The Labute approximate surface area is 330 Å². The van der Waals surface area contributed by atoms with Crippen LogP contribution in [0.5, 0.6) is 0 Å². The molecule has 5 aromatic heterocycles. The zero-order chi connectivity index (χ0) is 37.5. The van der Waals surface area contributed by atoms with Gasteiger partial charge in [-0.1, -0.05) is 78.9 Å². The monoisotopic (exact) mass is 746 g/mol. The lowest BCUT2D eigenvalue weighted by Crippen LogP contribution is -1.84. The van der Waals surface area contributed by atoms with E-state index in [1.165, 1.54) is 59.1 Å². The third kappa shape index (κ3) is 5.35. The van der Waals surface area contributed by atoms with Crippen molar-refractivity contribution in [1.82, 2.24) is 9.97 Å². The lowest BCUT2D eigenvalue weighted by molar-refractivity contribution is 0.668. The Morgan fingerprint density at radius 1 is 0.298 bits per heavy atom. The number of benzene rings is 7. The number of hydrogen-bond acceptors (Lipinski definition) is 5. The fourth-order valence-electron chi connectivity index (χ4n) is 8.37. The highest BCUT2D eigenvalue weighted by Crippen LogP contribution is 2.41. The summed E-state index contributed by atoms with van der Waals surface area (Å²) in [6, 6.07) is 57.0. The van der Waals surface area contributed by atoms with Crippen LogP contribution in [0.4, 0.5) is 0 Å². The largest absolute Gasteiger partial charge is 0.456 e. The molecule has 12 rings (SSSR count). The van der Waals surface area contributed by atoms with Gasteiger partial charge in [-0.3, -0.25) is 9.97 Å². The van der Waals surface area contributed by atoms with Gasteiger partial charge in [-0.05, 0) is 134 Å². The van der Waals surface area contributed by atoms with Gasteiger partial charge in [0.15, 0.2) is 0 Å². The number of pyridine rings is 2. The predicted molar refractivity (Wildman–Crippen MR) is 237 cm³/mol. The first-order valence-corrected chi connectivity index (χ1v) is 19.8. The van der Waals surface area contributed by atoms with Crippen LogP contribution < -0.4 is 0 Å². The van der Waals surface area contributed by atoms with Crippen LogP contribution in [0.2, 0.25) is 0 Å². The van der Waals surface area contributed by atoms with Gasteiger partial charge in [-0.15, -0.1) is 11.3 Å². The number of aromatic nitrogens is 2. The lowest BCUT2D eigenvalue weighted by Gasteiger charge is -2.09. The quantitative estimate of drug-likeness (QED) is 0.176. The molecule has 0 bridgehead atoms. The number of rotatable bonds is 5. The van der Waals surface area contributed by atoms with Gasteiger partial charge in [-0.2, -0.15) is 0 Å². The van der Waals surface area contributed by atoms with E-state index >= 15 is 0 Å². The van der Waals surface area contributed by atoms with Gasteiger partial charge in [0.25, 0.3) is 0 Å². The van der Waals surface area contributed by atoms with Gasteiger partial charge < -0.3 is 8.83 Å². The first-order valence-electron chi connectivity index (χ1n) is 19.0. The van der Waals surface area contributed by atoms with Gasteiger partial charge >= 0.3 is 0 Å². The molecule has 0 N–H and O–H groups in total. The fourth-order valence-corrected chi connectivity index (χ4v) is 9.44. The third-order valence-electron chi connectivity index (χ3n) is 11.3. The van der Waals surface area contributed by atoms with Crippen LogP contribution in [0, 0.1) is 0 Å². The Bertz CT molecular complexity index is 3550. The minimum absolute atomic E-state index is 0.856. The molecule has 7 aromatic carbocycles. The maximum atomic E-state index is 6.06. The molecule has 12 aromatic rings. The highest BCUT2D eigenvalue weighted by Gasteiger charge is 2.13. The van der Waals surface area contributed by atoms with Gasteiger partial charge in [0.1, 0.15) is 22.3 Å². The van der Waals surface area contributed by atoms with E-state index in [2.05, 4.69) is 156 Å². The normalized spacial score (nSPS) is 11.9. The van der Waals surface area contributed by atoms with E-state index < -0.39 is 0 Å². The van der Waals surface area contributed by atoms with Gasteiger partial charge in [0.05, 0.1) is 0 Å². The third-order valence-corrected chi connectivity index (χ3v) is 12.4. The number of hydrogen-bond donors (Lipinski definition) is 0. The first kappa shape index (κ1) is 32.0. The van der Waals surface area contributed by atoms with Crippen LogP contribution in [0.15, 0.2) is 191 Å². The van der Waals surface area contributed by atoms with Gasteiger partial charge in [0, 0.05) is 66.5 Å². The molecule has 0 radical (unpaired) electrons. The summed E-state index contributed by atoms with van der Waals surface area (Å²) in [5.41, 5.74) is 15.2. The predicted octanol–water partition coefficient (Wildman–Crippen LogP) is 15.0. The molecule has 5 heterocycles. The number of thiophene rings is 1. The van der Waals surface area contributed by atoms with E-state index in [0.717, 1.165) is 60.6 Å². The molecule has 0 saturated carbocycles. The highest BCUT2D eigenvalue weighted by molar-refractivity contribution is 7.25. The maximum Gasteiger partial charge on any atom is 0.138 e. The topological polar surface area (TPSA) is 52.1 Å². The molecular formula is C52H30N2O2S. The molecule has 0 aliphatic carbocycles. The van der Waals surface area contributed by atoms with Gasteiger partial charge in [0.2, 0.25) is 0 Å². The second-order valence-electron chi connectivity index (χ2n) is 14.6. The molecule has 0 unspecified atom stereocenters. The standard InChI is InChI=1S/C52H30N2O2S/c1-4-31(22-33(6-1)37-10-14-47-41(25-37)45-29-53-20-18-49(45)55-47)32-5-2-8-35(23-32)39-12-16-51-43(27-39)44-28-40(13-17-52(44)57-51)36-9-3-7-34(24-36)38-11-15-48-42(26-38)46-30-54-21-19-50(46)56-48/h1-30H. The van der Waals surface area contributed by atoms with E-state index in [1.807, 2.05) is 35.9 Å². The Morgan fingerprint density at radius 3 is 1.04 bits per heavy atom. The van der Waals surface area contributed by atoms with Crippen molar-refractivity contribution in [3.63, 3.8) is 0 Å². The zero-order valence-corrected chi connectivity index (χ0v) is 31.3. The molecule has 0 aliphatic rings. The molecule has 57 heavy (non-hydrogen) atoms. The minimum atomic E-state index is 0.856. The van der Waals surface area contributed by atoms with E-state index in [4.69, 9.17) is 8.83 Å². The smallest absolute Gasteiger partial charge is 0.138 e. The molecule has 0 amide bonds. The Kier molecular flexibility index (Phi) is 7.06. The summed E-state index contributed by atoms with van der Waals surface area (Å²) in [5, 5.41) is 6.79. The maximum absolute atomic E-state index is 6.06. The van der Waals surface area contributed by atoms with Crippen molar-refractivity contribution in [2.75, 3.05) is 0 Å². The fraction of sp³-hybridized carbons (Fsp3) is 0. The molecule has 0 fully saturated rings. The van der Waals surface area contributed by atoms with Crippen LogP contribution >= 0.6 is 11.3 Å². The number of fused-ring (bicyclic) bond motifs is 9. The summed E-state index contributed by atoms with van der Waals surface area (Å²) in [4.78, 5) is 8.67. The Balaban J connectivity index is 0.881. The number of furan rings is 2. The van der Waals surface area contributed by atoms with Crippen LogP contribution in [0.25, 0.3) is 120 Å². The molecule has 5 heteroatoms. The average Bonchev–Trinajstić information content (AvgIpc) is 3.96. The van der Waals surface area contributed by atoms with Crippen LogP contribution in [0.3, 0.4) is 0 Å². The van der Waals surface area contributed by atoms with E-state index in [1.54, 1.807) is 12.4 Å². The van der Waals surface area contributed by atoms with Crippen molar-refractivity contribution in [3.05, 3.63) is 183 Å². The molecule has 0 saturated heterocycles. The molecule has 4 nitrogen and oxygen atoms in total. The van der Waals surface area contributed by atoms with Crippen molar-refractivity contribution in [3.8, 4) is 55.6 Å². The molecule has 0 spiro atoms. The average molecular weight is 747 g/mol. The van der Waals surface area contributed by atoms with Gasteiger partial charge in [-0.25, -0.2) is 0 Å². The molecule has 266 valence electrons. The summed E-state index contributed by atoms with van der Waals surface area (Å²) in [5.74, 6) is 0. The first-order chi connectivity index (χ1) is 28.2. The summed E-state index contributed by atoms with van der Waals surface area (Å²) < 4.78 is 14.7. The lowest BCUT2D eigenvalue weighted by atomic mass is 9.95. The second kappa shape index (κ2) is 12.6. The molecule has 0 atom stereocenters. The molecular weight excluding hydrogens is 717 g/mol. The minimum Gasteiger partial charge on any atom is -0.456 e.